The summed E-state index contributed by atoms with van der Waals surface area (Å²) in [6.45, 7) is 7.86. The number of aliphatic hydroxyl groups is 2. The lowest BCUT2D eigenvalue weighted by Crippen LogP contribution is -2.16. The van der Waals surface area contributed by atoms with E-state index in [1.165, 1.54) is 5.57 Å². The molecule has 0 saturated heterocycles. The van der Waals surface area contributed by atoms with Gasteiger partial charge < -0.3 is 10.2 Å². The van der Waals surface area contributed by atoms with Gasteiger partial charge in [-0.2, -0.15) is 0 Å². The third-order valence-corrected chi connectivity index (χ3v) is 4.68. The number of carbonyl (C=O) groups is 1. The average Bonchev–Trinajstić information content (AvgIpc) is 2.86. The van der Waals surface area contributed by atoms with Crippen molar-refractivity contribution in [3.63, 3.8) is 0 Å². The second kappa shape index (κ2) is 6.71. The van der Waals surface area contributed by atoms with Crippen molar-refractivity contribution in [2.45, 2.75) is 51.7 Å². The number of carbonyl (C=O) groups excluding carboxylic acids is 1. The number of rotatable bonds is 5. The fraction of sp³-hybridized carbons (Fsp3) is 0.611. The monoisotopic (exact) mass is 290 g/mol. The highest BCUT2D eigenvalue weighted by Gasteiger charge is 2.49. The number of allylic oxidation sites excluding steroid dienone is 2. The number of fused-ring (bicyclic) bond motifs is 1. The highest BCUT2D eigenvalue weighted by molar-refractivity contribution is 5.99. The van der Waals surface area contributed by atoms with Gasteiger partial charge in [0.15, 0.2) is 5.78 Å². The van der Waals surface area contributed by atoms with Gasteiger partial charge >= 0.3 is 0 Å². The fourth-order valence-electron chi connectivity index (χ4n) is 3.50. The van der Waals surface area contributed by atoms with Gasteiger partial charge in [-0.05, 0) is 51.0 Å². The Morgan fingerprint density at radius 2 is 2.14 bits per heavy atom. The summed E-state index contributed by atoms with van der Waals surface area (Å²) in [5.74, 6) is 0.316. The second-order valence-electron chi connectivity index (χ2n) is 6.66. The van der Waals surface area contributed by atoms with Crippen LogP contribution in [0.5, 0.6) is 0 Å². The summed E-state index contributed by atoms with van der Waals surface area (Å²) >= 11 is 0. The third-order valence-electron chi connectivity index (χ3n) is 4.68. The van der Waals surface area contributed by atoms with Crippen LogP contribution in [0.1, 0.15) is 39.5 Å². The SMILES string of the molecule is C=C1C[C@H]2[C@H](/C=C/CC(O)CC=C(C)C)[C@H](O)C[C@@H]2C1=O. The van der Waals surface area contributed by atoms with E-state index in [0.717, 1.165) is 0 Å². The molecule has 0 amide bonds. The lowest BCUT2D eigenvalue weighted by molar-refractivity contribution is -0.118. The molecule has 0 aromatic carbocycles. The van der Waals surface area contributed by atoms with Gasteiger partial charge in [-0.1, -0.05) is 30.4 Å². The average molecular weight is 290 g/mol. The lowest BCUT2D eigenvalue weighted by atomic mass is 9.90. The number of ketones is 1. The summed E-state index contributed by atoms with van der Waals surface area (Å²) in [7, 11) is 0. The molecule has 3 heteroatoms. The summed E-state index contributed by atoms with van der Waals surface area (Å²) in [6, 6.07) is 0. The lowest BCUT2D eigenvalue weighted by Gasteiger charge is -2.16. The zero-order chi connectivity index (χ0) is 15.6. The smallest absolute Gasteiger partial charge is 0.161 e. The van der Waals surface area contributed by atoms with Crippen molar-refractivity contribution >= 4 is 5.78 Å². The van der Waals surface area contributed by atoms with Crippen LogP contribution in [-0.4, -0.2) is 28.2 Å². The van der Waals surface area contributed by atoms with Crippen molar-refractivity contribution in [3.05, 3.63) is 36.0 Å². The highest BCUT2D eigenvalue weighted by Crippen LogP contribution is 2.48. The van der Waals surface area contributed by atoms with Crippen LogP contribution >= 0.6 is 0 Å². The molecule has 2 saturated carbocycles. The van der Waals surface area contributed by atoms with Crippen molar-refractivity contribution in [1.29, 1.82) is 0 Å². The van der Waals surface area contributed by atoms with E-state index in [4.69, 9.17) is 0 Å². The molecule has 0 spiro atoms. The van der Waals surface area contributed by atoms with Crippen molar-refractivity contribution in [2.75, 3.05) is 0 Å². The minimum absolute atomic E-state index is 0.0221. The first-order chi connectivity index (χ1) is 9.90. The molecule has 0 aliphatic heterocycles. The maximum Gasteiger partial charge on any atom is 0.161 e. The Morgan fingerprint density at radius 3 is 2.81 bits per heavy atom. The Bertz CT molecular complexity index is 471. The summed E-state index contributed by atoms with van der Waals surface area (Å²) in [4.78, 5) is 11.9. The Balaban J connectivity index is 1.90. The van der Waals surface area contributed by atoms with Gasteiger partial charge in [0.1, 0.15) is 0 Å². The van der Waals surface area contributed by atoms with Gasteiger partial charge in [-0.3, -0.25) is 4.79 Å². The van der Waals surface area contributed by atoms with Gasteiger partial charge in [0.2, 0.25) is 0 Å². The van der Waals surface area contributed by atoms with Gasteiger partial charge in [-0.25, -0.2) is 0 Å². The third kappa shape index (κ3) is 3.72. The normalized spacial score (nSPS) is 33.5. The van der Waals surface area contributed by atoms with E-state index in [0.29, 0.717) is 31.3 Å². The number of hydrogen-bond donors (Lipinski definition) is 2. The molecule has 2 rings (SSSR count). The molecular formula is C18H26O3. The van der Waals surface area contributed by atoms with Gasteiger partial charge in [0.25, 0.3) is 0 Å². The zero-order valence-corrected chi connectivity index (χ0v) is 13.0. The standard InChI is InChI=1S/C18H26O3/c1-11(2)7-8-13(19)5-4-6-14-15-9-12(3)18(21)16(15)10-17(14)20/h4,6-7,13-17,19-20H,3,5,8-10H2,1-2H3/b6-4+/t13?,14-,15-,16-,17+/m0/s1. The van der Waals surface area contributed by atoms with E-state index >= 15 is 0 Å². The van der Waals surface area contributed by atoms with Crippen LogP contribution < -0.4 is 0 Å². The van der Waals surface area contributed by atoms with Gasteiger partial charge in [0, 0.05) is 11.8 Å². The quantitative estimate of drug-likeness (QED) is 0.604. The van der Waals surface area contributed by atoms with Crippen LogP contribution in [0.15, 0.2) is 36.0 Å². The molecule has 21 heavy (non-hydrogen) atoms. The Kier molecular flexibility index (Phi) is 5.17. The first-order valence-corrected chi connectivity index (χ1v) is 7.78. The van der Waals surface area contributed by atoms with Gasteiger partial charge in [0.05, 0.1) is 12.2 Å². The molecule has 0 aromatic heterocycles. The van der Waals surface area contributed by atoms with Crippen molar-refractivity contribution < 1.29 is 15.0 Å². The molecule has 2 N–H and O–H groups in total. The van der Waals surface area contributed by atoms with Crippen LogP contribution in [-0.2, 0) is 4.79 Å². The van der Waals surface area contributed by atoms with E-state index in [-0.39, 0.29) is 29.6 Å². The highest BCUT2D eigenvalue weighted by atomic mass is 16.3. The predicted octanol–water partition coefficient (Wildman–Crippen LogP) is 2.79. The van der Waals surface area contributed by atoms with E-state index < -0.39 is 6.10 Å². The summed E-state index contributed by atoms with van der Waals surface area (Å²) in [5, 5.41) is 20.0. The zero-order valence-electron chi connectivity index (χ0n) is 13.0. The van der Waals surface area contributed by atoms with E-state index in [1.807, 2.05) is 32.1 Å². The molecule has 0 bridgehead atoms. The molecular weight excluding hydrogens is 264 g/mol. The predicted molar refractivity (Wildman–Crippen MR) is 83.7 cm³/mol. The largest absolute Gasteiger partial charge is 0.392 e. The van der Waals surface area contributed by atoms with Crippen molar-refractivity contribution in [1.82, 2.24) is 0 Å². The molecule has 2 aliphatic rings. The van der Waals surface area contributed by atoms with E-state index in [9.17, 15) is 15.0 Å². The van der Waals surface area contributed by atoms with Gasteiger partial charge in [-0.15, -0.1) is 0 Å². The van der Waals surface area contributed by atoms with E-state index in [2.05, 4.69) is 6.58 Å². The summed E-state index contributed by atoms with van der Waals surface area (Å²) in [6.07, 6.45) is 7.64. The Hall–Kier alpha value is -1.19. The second-order valence-corrected chi connectivity index (χ2v) is 6.66. The summed E-state index contributed by atoms with van der Waals surface area (Å²) in [5.41, 5.74) is 1.91. The molecule has 2 fully saturated rings. The van der Waals surface area contributed by atoms with Crippen LogP contribution in [0.25, 0.3) is 0 Å². The maximum atomic E-state index is 11.9. The first kappa shape index (κ1) is 16.2. The molecule has 1 unspecified atom stereocenters. The molecule has 0 radical (unpaired) electrons. The topological polar surface area (TPSA) is 57.5 Å². The van der Waals surface area contributed by atoms with Crippen LogP contribution in [0, 0.1) is 17.8 Å². The maximum absolute atomic E-state index is 11.9. The summed E-state index contributed by atoms with van der Waals surface area (Å²) < 4.78 is 0. The Morgan fingerprint density at radius 1 is 1.43 bits per heavy atom. The minimum atomic E-state index is -0.441. The van der Waals surface area contributed by atoms with Crippen LogP contribution in [0.4, 0.5) is 0 Å². The fourth-order valence-corrected chi connectivity index (χ4v) is 3.50. The van der Waals surface area contributed by atoms with Crippen molar-refractivity contribution in [3.8, 4) is 0 Å². The number of hydrogen-bond acceptors (Lipinski definition) is 3. The molecule has 116 valence electrons. The molecule has 2 aliphatic carbocycles. The van der Waals surface area contributed by atoms with Crippen LogP contribution in [0.3, 0.4) is 0 Å². The molecule has 0 heterocycles. The minimum Gasteiger partial charge on any atom is -0.392 e. The molecule has 3 nitrogen and oxygen atoms in total. The number of Topliss-reactive ketones (excluding diaryl/α,β-unsaturated/α-hetero) is 1. The van der Waals surface area contributed by atoms with Crippen molar-refractivity contribution in [2.24, 2.45) is 17.8 Å². The first-order valence-electron chi connectivity index (χ1n) is 7.78. The molecule has 5 atom stereocenters. The Labute approximate surface area is 127 Å². The number of aliphatic hydroxyl groups excluding tert-OH is 2. The van der Waals surface area contributed by atoms with Crippen LogP contribution in [0.2, 0.25) is 0 Å². The van der Waals surface area contributed by atoms with E-state index in [1.54, 1.807) is 0 Å². The molecule has 0 aromatic rings.